The molecule has 0 radical (unpaired) electrons. The lowest BCUT2D eigenvalue weighted by Gasteiger charge is -2.40. The van der Waals surface area contributed by atoms with Crippen molar-refractivity contribution in [2.45, 2.75) is 58.4 Å². The van der Waals surface area contributed by atoms with Crippen molar-refractivity contribution in [3.05, 3.63) is 0 Å². The monoisotopic (exact) mass is 225 g/mol. The Hall–Kier alpha value is -0.0800. The minimum Gasteiger partial charge on any atom is -0.381 e. The molecule has 0 aromatic heterocycles. The van der Waals surface area contributed by atoms with E-state index in [1.165, 1.54) is 38.5 Å². The second-order valence-electron chi connectivity index (χ2n) is 5.58. The van der Waals surface area contributed by atoms with Crippen LogP contribution in [0.25, 0.3) is 0 Å². The van der Waals surface area contributed by atoms with E-state index in [9.17, 15) is 0 Å². The van der Waals surface area contributed by atoms with Gasteiger partial charge in [0, 0.05) is 18.6 Å². The van der Waals surface area contributed by atoms with Crippen LogP contribution in [0.1, 0.15) is 52.4 Å². The predicted octanol–water partition coefficient (Wildman–Crippen LogP) is 2.97. The molecule has 0 aromatic rings. The molecule has 1 saturated carbocycles. The summed E-state index contributed by atoms with van der Waals surface area (Å²) in [4.78, 5) is 0. The summed E-state index contributed by atoms with van der Waals surface area (Å²) in [7, 11) is 0. The Morgan fingerprint density at radius 1 is 1.31 bits per heavy atom. The SMILES string of the molecule is CCNC(C1CCOC1)C1(CC)CCCC1. The van der Waals surface area contributed by atoms with Gasteiger partial charge in [-0.3, -0.25) is 0 Å². The standard InChI is InChI=1S/C14H27NO/c1-3-14(8-5-6-9-14)13(15-4-2)12-7-10-16-11-12/h12-13,15H,3-11H2,1-2H3. The van der Waals surface area contributed by atoms with Crippen molar-refractivity contribution in [3.63, 3.8) is 0 Å². The zero-order valence-electron chi connectivity index (χ0n) is 10.9. The van der Waals surface area contributed by atoms with Gasteiger partial charge in [0.2, 0.25) is 0 Å². The molecule has 2 heteroatoms. The van der Waals surface area contributed by atoms with Crippen molar-refractivity contribution >= 4 is 0 Å². The van der Waals surface area contributed by atoms with E-state index in [0.717, 1.165) is 25.7 Å². The third kappa shape index (κ3) is 2.28. The third-order valence-electron chi connectivity index (χ3n) is 4.82. The van der Waals surface area contributed by atoms with Crippen LogP contribution in [0.2, 0.25) is 0 Å². The van der Waals surface area contributed by atoms with Gasteiger partial charge in [-0.15, -0.1) is 0 Å². The van der Waals surface area contributed by atoms with Crippen LogP contribution >= 0.6 is 0 Å². The van der Waals surface area contributed by atoms with Crippen molar-refractivity contribution in [3.8, 4) is 0 Å². The molecule has 0 spiro atoms. The van der Waals surface area contributed by atoms with Crippen molar-refractivity contribution < 1.29 is 4.74 Å². The van der Waals surface area contributed by atoms with Gasteiger partial charge in [-0.1, -0.05) is 26.7 Å². The number of ether oxygens (including phenoxy) is 1. The van der Waals surface area contributed by atoms with Crippen LogP contribution in [0.3, 0.4) is 0 Å². The summed E-state index contributed by atoms with van der Waals surface area (Å²) in [6.45, 7) is 7.68. The van der Waals surface area contributed by atoms with Crippen LogP contribution in [0.5, 0.6) is 0 Å². The first-order chi connectivity index (χ1) is 7.82. The highest BCUT2D eigenvalue weighted by Crippen LogP contribution is 2.47. The average molecular weight is 225 g/mol. The maximum absolute atomic E-state index is 5.59. The highest BCUT2D eigenvalue weighted by Gasteiger charge is 2.43. The van der Waals surface area contributed by atoms with Crippen molar-refractivity contribution in [1.29, 1.82) is 0 Å². The number of hydrogen-bond donors (Lipinski definition) is 1. The highest BCUT2D eigenvalue weighted by molar-refractivity contribution is 4.97. The first-order valence-corrected chi connectivity index (χ1v) is 7.13. The minimum absolute atomic E-state index is 0.578. The summed E-state index contributed by atoms with van der Waals surface area (Å²) in [5, 5.41) is 3.78. The Balaban J connectivity index is 2.09. The predicted molar refractivity (Wildman–Crippen MR) is 67.6 cm³/mol. The van der Waals surface area contributed by atoms with Gasteiger partial charge in [-0.05, 0) is 37.6 Å². The molecule has 2 unspecified atom stereocenters. The lowest BCUT2D eigenvalue weighted by molar-refractivity contribution is 0.113. The van der Waals surface area contributed by atoms with Crippen LogP contribution in [0.4, 0.5) is 0 Å². The van der Waals surface area contributed by atoms with Crippen molar-refractivity contribution in [2.75, 3.05) is 19.8 Å². The lowest BCUT2D eigenvalue weighted by atomic mass is 9.71. The fourth-order valence-electron chi connectivity index (χ4n) is 3.88. The molecule has 0 amide bonds. The summed E-state index contributed by atoms with van der Waals surface area (Å²) in [6.07, 6.45) is 8.32. The second kappa shape index (κ2) is 5.50. The van der Waals surface area contributed by atoms with E-state index in [2.05, 4.69) is 19.2 Å². The van der Waals surface area contributed by atoms with Crippen LogP contribution in [0.15, 0.2) is 0 Å². The Morgan fingerprint density at radius 3 is 2.56 bits per heavy atom. The molecule has 1 aliphatic carbocycles. The van der Waals surface area contributed by atoms with Gasteiger partial charge in [0.05, 0.1) is 6.61 Å². The molecule has 94 valence electrons. The molecule has 1 N–H and O–H groups in total. The third-order valence-corrected chi connectivity index (χ3v) is 4.82. The summed E-state index contributed by atoms with van der Waals surface area (Å²) >= 11 is 0. The molecular weight excluding hydrogens is 198 g/mol. The summed E-state index contributed by atoms with van der Waals surface area (Å²) in [5.74, 6) is 0.762. The average Bonchev–Trinajstić information content (AvgIpc) is 2.98. The normalized spacial score (nSPS) is 30.8. The van der Waals surface area contributed by atoms with Gasteiger partial charge in [0.15, 0.2) is 0 Å². The molecule has 2 aliphatic rings. The Bertz CT molecular complexity index is 205. The molecule has 0 bridgehead atoms. The first kappa shape index (κ1) is 12.4. The summed E-state index contributed by atoms with van der Waals surface area (Å²) in [6, 6.07) is 0.701. The molecule has 1 aliphatic heterocycles. The van der Waals surface area contributed by atoms with E-state index in [4.69, 9.17) is 4.74 Å². The zero-order valence-corrected chi connectivity index (χ0v) is 10.9. The number of rotatable bonds is 5. The quantitative estimate of drug-likeness (QED) is 0.776. The zero-order chi connectivity index (χ0) is 11.4. The molecule has 2 fully saturated rings. The molecule has 2 atom stereocenters. The van der Waals surface area contributed by atoms with Gasteiger partial charge >= 0.3 is 0 Å². The van der Waals surface area contributed by atoms with E-state index < -0.39 is 0 Å². The van der Waals surface area contributed by atoms with Crippen LogP contribution in [-0.2, 0) is 4.74 Å². The molecule has 2 nitrogen and oxygen atoms in total. The highest BCUT2D eigenvalue weighted by atomic mass is 16.5. The maximum atomic E-state index is 5.59. The van der Waals surface area contributed by atoms with E-state index in [-0.39, 0.29) is 0 Å². The summed E-state index contributed by atoms with van der Waals surface area (Å²) in [5.41, 5.74) is 0.578. The van der Waals surface area contributed by atoms with Gasteiger partial charge in [0.25, 0.3) is 0 Å². The summed E-state index contributed by atoms with van der Waals surface area (Å²) < 4.78 is 5.59. The van der Waals surface area contributed by atoms with Crippen LogP contribution in [-0.4, -0.2) is 25.8 Å². The van der Waals surface area contributed by atoms with Gasteiger partial charge in [-0.2, -0.15) is 0 Å². The van der Waals surface area contributed by atoms with Gasteiger partial charge < -0.3 is 10.1 Å². The topological polar surface area (TPSA) is 21.3 Å². The van der Waals surface area contributed by atoms with Gasteiger partial charge in [-0.25, -0.2) is 0 Å². The molecule has 0 aromatic carbocycles. The molecule has 1 saturated heterocycles. The van der Waals surface area contributed by atoms with Crippen LogP contribution in [0, 0.1) is 11.3 Å². The molecular formula is C14H27NO. The lowest BCUT2D eigenvalue weighted by Crippen LogP contribution is -2.49. The number of hydrogen-bond acceptors (Lipinski definition) is 2. The van der Waals surface area contributed by atoms with E-state index in [1.807, 2.05) is 0 Å². The smallest absolute Gasteiger partial charge is 0.0510 e. The van der Waals surface area contributed by atoms with Gasteiger partial charge in [0.1, 0.15) is 0 Å². The largest absolute Gasteiger partial charge is 0.381 e. The first-order valence-electron chi connectivity index (χ1n) is 7.13. The minimum atomic E-state index is 0.578. The fourth-order valence-corrected chi connectivity index (χ4v) is 3.88. The van der Waals surface area contributed by atoms with Crippen molar-refractivity contribution in [2.24, 2.45) is 11.3 Å². The number of nitrogens with one attached hydrogen (secondary N) is 1. The van der Waals surface area contributed by atoms with Crippen molar-refractivity contribution in [1.82, 2.24) is 5.32 Å². The second-order valence-corrected chi connectivity index (χ2v) is 5.58. The molecule has 2 rings (SSSR count). The van der Waals surface area contributed by atoms with E-state index in [1.54, 1.807) is 0 Å². The maximum Gasteiger partial charge on any atom is 0.0510 e. The van der Waals surface area contributed by atoms with E-state index in [0.29, 0.717) is 11.5 Å². The van der Waals surface area contributed by atoms with Crippen LogP contribution < -0.4 is 5.32 Å². The molecule has 1 heterocycles. The molecule has 16 heavy (non-hydrogen) atoms. The fraction of sp³-hybridized carbons (Fsp3) is 1.00. The Labute approximate surface area is 100 Å². The Morgan fingerprint density at radius 2 is 2.06 bits per heavy atom. The Kier molecular flexibility index (Phi) is 4.26. The van der Waals surface area contributed by atoms with E-state index >= 15 is 0 Å².